The van der Waals surface area contributed by atoms with E-state index < -0.39 is 5.41 Å². The van der Waals surface area contributed by atoms with Crippen LogP contribution in [0.25, 0.3) is 0 Å². The molecule has 1 spiro atoms. The lowest BCUT2D eigenvalue weighted by Gasteiger charge is -2.62. The molecule has 1 aromatic heterocycles. The third-order valence-corrected chi connectivity index (χ3v) is 5.91. The van der Waals surface area contributed by atoms with Gasteiger partial charge < -0.3 is 9.80 Å². The topological polar surface area (TPSA) is 82.2 Å². The summed E-state index contributed by atoms with van der Waals surface area (Å²) >= 11 is 0. The Kier molecular flexibility index (Phi) is 3.21. The smallest absolute Gasteiger partial charge is 0.257 e. The molecule has 24 heavy (non-hydrogen) atoms. The second-order valence-corrected chi connectivity index (χ2v) is 7.40. The van der Waals surface area contributed by atoms with Crippen molar-refractivity contribution in [2.45, 2.75) is 37.6 Å². The first-order chi connectivity index (χ1) is 11.5. The molecule has 1 aliphatic carbocycles. The number of amides is 2. The number of likely N-dealkylation sites (tertiary alicyclic amines) is 2. The van der Waals surface area contributed by atoms with Crippen LogP contribution < -0.4 is 0 Å². The van der Waals surface area contributed by atoms with Gasteiger partial charge in [-0.3, -0.25) is 14.3 Å². The zero-order valence-corrected chi connectivity index (χ0v) is 13.9. The molecule has 4 rings (SSSR count). The maximum absolute atomic E-state index is 12.7. The van der Waals surface area contributed by atoms with Crippen LogP contribution in [0.2, 0.25) is 0 Å². The molecule has 0 aromatic carbocycles. The maximum atomic E-state index is 12.7. The van der Waals surface area contributed by atoms with Crippen molar-refractivity contribution in [2.75, 3.05) is 19.6 Å². The summed E-state index contributed by atoms with van der Waals surface area (Å²) in [5, 5.41) is 13.5. The Balaban J connectivity index is 1.44. The van der Waals surface area contributed by atoms with E-state index in [0.29, 0.717) is 31.5 Å². The molecule has 7 nitrogen and oxygen atoms in total. The summed E-state index contributed by atoms with van der Waals surface area (Å²) in [5.74, 6) is -0.0499. The standard InChI is InChI=1S/C17H21N5O2/c1-20-9-13(8-19-20)14(23)22-7-6-17(22)11-21(12-17)15(24)16(10-18)4-2-3-5-16/h8-9H,2-7,11-12H2,1H3. The fourth-order valence-electron chi connectivity index (χ4n) is 4.34. The van der Waals surface area contributed by atoms with Crippen molar-refractivity contribution < 1.29 is 9.59 Å². The van der Waals surface area contributed by atoms with Crippen molar-refractivity contribution in [2.24, 2.45) is 12.5 Å². The van der Waals surface area contributed by atoms with Crippen molar-refractivity contribution in [3.05, 3.63) is 18.0 Å². The summed E-state index contributed by atoms with van der Waals surface area (Å²) < 4.78 is 1.62. The van der Waals surface area contributed by atoms with E-state index in [4.69, 9.17) is 0 Å². The van der Waals surface area contributed by atoms with Gasteiger partial charge in [-0.25, -0.2) is 0 Å². The van der Waals surface area contributed by atoms with Crippen molar-refractivity contribution >= 4 is 11.8 Å². The van der Waals surface area contributed by atoms with Crippen molar-refractivity contribution in [3.63, 3.8) is 0 Å². The number of aromatic nitrogens is 2. The van der Waals surface area contributed by atoms with E-state index >= 15 is 0 Å². The summed E-state index contributed by atoms with van der Waals surface area (Å²) in [6.45, 7) is 1.84. The van der Waals surface area contributed by atoms with Gasteiger partial charge in [0.05, 0.1) is 23.4 Å². The second kappa shape index (κ2) is 5.07. The van der Waals surface area contributed by atoms with Crippen LogP contribution in [0.4, 0.5) is 0 Å². The monoisotopic (exact) mass is 327 g/mol. The van der Waals surface area contributed by atoms with Gasteiger partial charge in [-0.15, -0.1) is 0 Å². The van der Waals surface area contributed by atoms with Gasteiger partial charge in [0.2, 0.25) is 5.91 Å². The summed E-state index contributed by atoms with van der Waals surface area (Å²) in [6.07, 6.45) is 7.46. The van der Waals surface area contributed by atoms with Crippen molar-refractivity contribution in [1.82, 2.24) is 19.6 Å². The van der Waals surface area contributed by atoms with Crippen LogP contribution in [0.5, 0.6) is 0 Å². The lowest BCUT2D eigenvalue weighted by atomic mass is 9.74. The first kappa shape index (κ1) is 15.2. The quantitative estimate of drug-likeness (QED) is 0.809. The largest absolute Gasteiger partial charge is 0.336 e. The number of nitriles is 1. The minimum atomic E-state index is -0.816. The van der Waals surface area contributed by atoms with Gasteiger partial charge in [0.15, 0.2) is 0 Å². The Morgan fingerprint density at radius 3 is 2.46 bits per heavy atom. The molecule has 2 amide bonds. The normalized spacial score (nSPS) is 23.5. The van der Waals surface area contributed by atoms with Crippen LogP contribution >= 0.6 is 0 Å². The maximum Gasteiger partial charge on any atom is 0.257 e. The minimum absolute atomic E-state index is 0.0164. The SMILES string of the molecule is Cn1cc(C(=O)N2CCC23CN(C(=O)C2(C#N)CCCC2)C3)cn1. The molecule has 3 fully saturated rings. The van der Waals surface area contributed by atoms with Crippen LogP contribution in [0.3, 0.4) is 0 Å². The first-order valence-corrected chi connectivity index (χ1v) is 8.51. The molecule has 7 heteroatoms. The van der Waals surface area contributed by atoms with Gasteiger partial charge in [0.1, 0.15) is 5.41 Å². The molecular weight excluding hydrogens is 306 g/mol. The zero-order chi connectivity index (χ0) is 16.9. The Morgan fingerprint density at radius 1 is 1.25 bits per heavy atom. The molecule has 1 saturated carbocycles. The Hall–Kier alpha value is -2.36. The molecule has 2 saturated heterocycles. The zero-order valence-electron chi connectivity index (χ0n) is 13.9. The Bertz CT molecular complexity index is 734. The number of rotatable bonds is 2. The van der Waals surface area contributed by atoms with E-state index in [1.165, 1.54) is 0 Å². The average Bonchev–Trinajstić information content (AvgIpc) is 3.14. The second-order valence-electron chi connectivity index (χ2n) is 7.40. The summed E-state index contributed by atoms with van der Waals surface area (Å²) in [4.78, 5) is 29.0. The number of nitrogens with zero attached hydrogens (tertiary/aromatic N) is 5. The van der Waals surface area contributed by atoms with Gasteiger partial charge in [0.25, 0.3) is 5.91 Å². The molecule has 0 N–H and O–H groups in total. The van der Waals surface area contributed by atoms with Crippen LogP contribution in [-0.2, 0) is 11.8 Å². The number of carbonyl (C=O) groups is 2. The van der Waals surface area contributed by atoms with Crippen molar-refractivity contribution in [3.8, 4) is 6.07 Å². The summed E-state index contributed by atoms with van der Waals surface area (Å²) in [5.41, 5.74) is -0.452. The fraction of sp³-hybridized carbons (Fsp3) is 0.647. The summed E-state index contributed by atoms with van der Waals surface area (Å²) in [6, 6.07) is 2.27. The Labute approximate surface area is 140 Å². The van der Waals surface area contributed by atoms with Gasteiger partial charge in [-0.2, -0.15) is 10.4 Å². The molecule has 126 valence electrons. The number of hydrogen-bond donors (Lipinski definition) is 0. The predicted molar refractivity (Wildman–Crippen MR) is 84.7 cm³/mol. The van der Waals surface area contributed by atoms with E-state index in [9.17, 15) is 14.9 Å². The highest BCUT2D eigenvalue weighted by atomic mass is 16.2. The van der Waals surface area contributed by atoms with E-state index in [1.807, 2.05) is 4.90 Å². The van der Waals surface area contributed by atoms with Crippen LogP contribution in [0, 0.1) is 16.7 Å². The molecule has 3 heterocycles. The molecule has 1 aromatic rings. The highest BCUT2D eigenvalue weighted by Crippen LogP contribution is 2.45. The molecule has 0 radical (unpaired) electrons. The number of hydrogen-bond acceptors (Lipinski definition) is 4. The fourth-order valence-corrected chi connectivity index (χ4v) is 4.34. The highest BCUT2D eigenvalue weighted by molar-refractivity contribution is 5.95. The van der Waals surface area contributed by atoms with Crippen LogP contribution in [0.1, 0.15) is 42.5 Å². The van der Waals surface area contributed by atoms with E-state index in [-0.39, 0.29) is 17.4 Å². The number of carbonyl (C=O) groups excluding carboxylic acids is 2. The Morgan fingerprint density at radius 2 is 1.96 bits per heavy atom. The van der Waals surface area contributed by atoms with E-state index in [2.05, 4.69) is 11.2 Å². The molecule has 2 aliphatic heterocycles. The van der Waals surface area contributed by atoms with Crippen molar-refractivity contribution in [1.29, 1.82) is 5.26 Å². The van der Waals surface area contributed by atoms with Crippen LogP contribution in [0.15, 0.2) is 12.4 Å². The van der Waals surface area contributed by atoms with Gasteiger partial charge in [-0.05, 0) is 19.3 Å². The molecule has 0 atom stereocenters. The lowest BCUT2D eigenvalue weighted by Crippen LogP contribution is -2.79. The van der Waals surface area contributed by atoms with Gasteiger partial charge in [-0.1, -0.05) is 12.8 Å². The predicted octanol–water partition coefficient (Wildman–Crippen LogP) is 0.931. The van der Waals surface area contributed by atoms with Gasteiger partial charge >= 0.3 is 0 Å². The molecule has 3 aliphatic rings. The summed E-state index contributed by atoms with van der Waals surface area (Å²) in [7, 11) is 1.79. The average molecular weight is 327 g/mol. The third-order valence-electron chi connectivity index (χ3n) is 5.91. The van der Waals surface area contributed by atoms with E-state index in [1.54, 1.807) is 29.0 Å². The van der Waals surface area contributed by atoms with Gasteiger partial charge in [0, 0.05) is 32.9 Å². The van der Waals surface area contributed by atoms with Crippen LogP contribution in [-0.4, -0.2) is 56.6 Å². The lowest BCUT2D eigenvalue weighted by molar-refractivity contribution is -0.161. The molecule has 0 unspecified atom stereocenters. The van der Waals surface area contributed by atoms with E-state index in [0.717, 1.165) is 25.8 Å². The minimum Gasteiger partial charge on any atom is -0.336 e. The molecular formula is C17H21N5O2. The molecule has 0 bridgehead atoms. The third kappa shape index (κ3) is 1.98. The number of aryl methyl sites for hydroxylation is 1. The highest BCUT2D eigenvalue weighted by Gasteiger charge is 2.59. The first-order valence-electron chi connectivity index (χ1n) is 8.51.